The van der Waals surface area contributed by atoms with Crippen LogP contribution in [-0.4, -0.2) is 17.4 Å². The van der Waals surface area contributed by atoms with Crippen LogP contribution in [0.4, 0.5) is 0 Å². The minimum absolute atomic E-state index is 0.225. The second-order valence-corrected chi connectivity index (χ2v) is 3.18. The van der Waals surface area contributed by atoms with E-state index < -0.39 is 0 Å². The Morgan fingerprint density at radius 1 is 1.67 bits per heavy atom. The summed E-state index contributed by atoms with van der Waals surface area (Å²) in [5.74, 6) is -0.523. The Bertz CT molecular complexity index is 424. The van der Waals surface area contributed by atoms with Crippen molar-refractivity contribution in [1.29, 1.82) is 5.26 Å². The molecule has 0 aliphatic heterocycles. The topological polar surface area (TPSA) is 85.8 Å². The number of carbonyl (C=O) groups is 1. The van der Waals surface area contributed by atoms with Crippen molar-refractivity contribution >= 4 is 5.91 Å². The van der Waals surface area contributed by atoms with Gasteiger partial charge in [-0.1, -0.05) is 0 Å². The number of H-pyrrole nitrogens is 1. The molecule has 0 fully saturated rings. The Kier molecular flexibility index (Phi) is 3.63. The highest BCUT2D eigenvalue weighted by Gasteiger charge is 2.06. The average molecular weight is 205 g/mol. The van der Waals surface area contributed by atoms with Crippen LogP contribution in [0.15, 0.2) is 23.1 Å². The molecule has 1 atom stereocenters. The minimum atomic E-state index is -0.298. The lowest BCUT2D eigenvalue weighted by molar-refractivity contribution is 0.0950. The van der Waals surface area contributed by atoms with E-state index >= 15 is 0 Å². The zero-order valence-electron chi connectivity index (χ0n) is 8.28. The number of nitrogens with one attached hydrogen (secondary N) is 2. The molecule has 1 rings (SSSR count). The number of carbonyl (C=O) groups excluding carboxylic acids is 1. The smallest absolute Gasteiger partial charge is 0.252 e. The highest BCUT2D eigenvalue weighted by Crippen LogP contribution is 1.94. The Morgan fingerprint density at radius 3 is 2.93 bits per heavy atom. The molecule has 1 heterocycles. The maximum absolute atomic E-state index is 11.4. The third-order valence-electron chi connectivity index (χ3n) is 1.84. The van der Waals surface area contributed by atoms with E-state index in [0.29, 0.717) is 12.1 Å². The molecule has 0 bridgehead atoms. The molecule has 1 unspecified atom stereocenters. The first-order valence-corrected chi connectivity index (χ1v) is 4.50. The summed E-state index contributed by atoms with van der Waals surface area (Å²) in [5, 5.41) is 11.1. The Hall–Kier alpha value is -2.09. The van der Waals surface area contributed by atoms with Gasteiger partial charge in [0, 0.05) is 18.8 Å². The Labute approximate surface area is 86.7 Å². The first-order chi connectivity index (χ1) is 7.13. The minimum Gasteiger partial charge on any atom is -0.351 e. The molecule has 5 nitrogen and oxygen atoms in total. The first-order valence-electron chi connectivity index (χ1n) is 4.50. The molecule has 0 saturated heterocycles. The van der Waals surface area contributed by atoms with Crippen LogP contribution >= 0.6 is 0 Å². The fraction of sp³-hybridized carbons (Fsp3) is 0.300. The lowest BCUT2D eigenvalue weighted by atomic mass is 10.2. The maximum Gasteiger partial charge on any atom is 0.252 e. The van der Waals surface area contributed by atoms with Gasteiger partial charge in [-0.15, -0.1) is 0 Å². The fourth-order valence-electron chi connectivity index (χ4n) is 0.945. The van der Waals surface area contributed by atoms with Gasteiger partial charge >= 0.3 is 0 Å². The van der Waals surface area contributed by atoms with Gasteiger partial charge in [-0.05, 0) is 13.0 Å². The van der Waals surface area contributed by atoms with Gasteiger partial charge in [0.25, 0.3) is 5.91 Å². The predicted molar refractivity (Wildman–Crippen MR) is 54.2 cm³/mol. The van der Waals surface area contributed by atoms with Crippen LogP contribution in [0.5, 0.6) is 0 Å². The van der Waals surface area contributed by atoms with Crippen LogP contribution in [-0.2, 0) is 0 Å². The molecule has 5 heteroatoms. The van der Waals surface area contributed by atoms with Gasteiger partial charge in [0.05, 0.1) is 17.6 Å². The third kappa shape index (κ3) is 3.27. The highest BCUT2D eigenvalue weighted by atomic mass is 16.1. The van der Waals surface area contributed by atoms with Crippen LogP contribution in [0.1, 0.15) is 17.3 Å². The van der Waals surface area contributed by atoms with Crippen LogP contribution < -0.4 is 10.9 Å². The third-order valence-corrected chi connectivity index (χ3v) is 1.84. The molecule has 1 aromatic heterocycles. The van der Waals surface area contributed by atoms with E-state index in [0.717, 1.165) is 0 Å². The number of rotatable bonds is 3. The molecule has 0 aromatic carbocycles. The van der Waals surface area contributed by atoms with Crippen LogP contribution in [0.2, 0.25) is 0 Å². The predicted octanol–water partition coefficient (Wildman–Crippen LogP) is 0.264. The Balaban J connectivity index is 2.59. The lowest BCUT2D eigenvalue weighted by Gasteiger charge is -2.05. The van der Waals surface area contributed by atoms with E-state index in [2.05, 4.69) is 10.3 Å². The van der Waals surface area contributed by atoms with Crippen LogP contribution in [0.25, 0.3) is 0 Å². The van der Waals surface area contributed by atoms with E-state index in [9.17, 15) is 9.59 Å². The molecule has 0 spiro atoms. The summed E-state index contributed by atoms with van der Waals surface area (Å²) in [5.41, 5.74) is 0.122. The Morgan fingerprint density at radius 2 is 2.40 bits per heavy atom. The molecule has 0 aliphatic rings. The van der Waals surface area contributed by atoms with Crippen molar-refractivity contribution in [3.63, 3.8) is 0 Å². The monoisotopic (exact) mass is 205 g/mol. The zero-order valence-corrected chi connectivity index (χ0v) is 8.28. The second-order valence-electron chi connectivity index (χ2n) is 3.18. The van der Waals surface area contributed by atoms with E-state index in [4.69, 9.17) is 5.26 Å². The largest absolute Gasteiger partial charge is 0.351 e. The molecule has 1 aromatic rings. The van der Waals surface area contributed by atoms with Crippen molar-refractivity contribution in [2.24, 2.45) is 5.92 Å². The summed E-state index contributed by atoms with van der Waals surface area (Å²) in [6, 6.07) is 4.72. The summed E-state index contributed by atoms with van der Waals surface area (Å²) in [6.45, 7) is 2.02. The summed E-state index contributed by atoms with van der Waals surface area (Å²) in [4.78, 5) is 24.6. The molecular weight excluding hydrogens is 194 g/mol. The molecule has 0 saturated carbocycles. The van der Waals surface area contributed by atoms with Gasteiger partial charge in [0.15, 0.2) is 0 Å². The number of aromatic nitrogens is 1. The average Bonchev–Trinajstić information content (AvgIpc) is 2.26. The number of hydrogen-bond acceptors (Lipinski definition) is 3. The highest BCUT2D eigenvalue weighted by molar-refractivity contribution is 5.93. The van der Waals surface area contributed by atoms with Crippen molar-refractivity contribution in [3.05, 3.63) is 34.2 Å². The molecule has 2 N–H and O–H groups in total. The van der Waals surface area contributed by atoms with Gasteiger partial charge in [-0.3, -0.25) is 9.59 Å². The number of hydrogen-bond donors (Lipinski definition) is 2. The lowest BCUT2D eigenvalue weighted by Crippen LogP contribution is -2.28. The number of nitriles is 1. The van der Waals surface area contributed by atoms with Gasteiger partial charge in [-0.25, -0.2) is 0 Å². The number of pyridine rings is 1. The molecule has 15 heavy (non-hydrogen) atoms. The maximum atomic E-state index is 11.4. The SMILES string of the molecule is CC(C#N)CNC(=O)c1ccc(=O)[nH]c1. The molecular formula is C10H11N3O2. The van der Waals surface area contributed by atoms with E-state index in [1.807, 2.05) is 6.07 Å². The van der Waals surface area contributed by atoms with Crippen molar-refractivity contribution in [2.75, 3.05) is 6.54 Å². The van der Waals surface area contributed by atoms with E-state index in [1.54, 1.807) is 6.92 Å². The molecule has 1 amide bonds. The number of amides is 1. The normalized spacial score (nSPS) is 11.5. The van der Waals surface area contributed by atoms with Crippen molar-refractivity contribution in [3.8, 4) is 6.07 Å². The number of aromatic amines is 1. The zero-order chi connectivity index (χ0) is 11.3. The van der Waals surface area contributed by atoms with Gasteiger partial charge in [-0.2, -0.15) is 5.26 Å². The first kappa shape index (κ1) is 11.0. The van der Waals surface area contributed by atoms with Crippen molar-refractivity contribution < 1.29 is 4.79 Å². The number of nitrogens with zero attached hydrogens (tertiary/aromatic N) is 1. The molecule has 78 valence electrons. The van der Waals surface area contributed by atoms with Gasteiger partial charge in [0.2, 0.25) is 5.56 Å². The summed E-state index contributed by atoms with van der Waals surface area (Å²) >= 11 is 0. The van der Waals surface area contributed by atoms with Crippen molar-refractivity contribution in [2.45, 2.75) is 6.92 Å². The van der Waals surface area contributed by atoms with Crippen molar-refractivity contribution in [1.82, 2.24) is 10.3 Å². The van der Waals surface area contributed by atoms with Gasteiger partial charge in [0.1, 0.15) is 0 Å². The standard InChI is InChI=1S/C10H11N3O2/c1-7(4-11)5-13-10(15)8-2-3-9(14)12-6-8/h2-3,6-7H,5H2,1H3,(H,12,14)(H,13,15). The molecule has 0 radical (unpaired) electrons. The quantitative estimate of drug-likeness (QED) is 0.742. The molecule has 0 aliphatic carbocycles. The van der Waals surface area contributed by atoms with E-state index in [1.165, 1.54) is 18.3 Å². The fourth-order valence-corrected chi connectivity index (χ4v) is 0.945. The summed E-state index contributed by atoms with van der Waals surface area (Å²) < 4.78 is 0. The van der Waals surface area contributed by atoms with Crippen LogP contribution in [0, 0.1) is 17.2 Å². The second kappa shape index (κ2) is 4.96. The van der Waals surface area contributed by atoms with E-state index in [-0.39, 0.29) is 17.4 Å². The van der Waals surface area contributed by atoms with Crippen LogP contribution in [0.3, 0.4) is 0 Å². The summed E-state index contributed by atoms with van der Waals surface area (Å²) in [6.07, 6.45) is 1.34. The summed E-state index contributed by atoms with van der Waals surface area (Å²) in [7, 11) is 0. The van der Waals surface area contributed by atoms with Gasteiger partial charge < -0.3 is 10.3 Å².